The van der Waals surface area contributed by atoms with Gasteiger partial charge in [-0.25, -0.2) is 0 Å². The van der Waals surface area contributed by atoms with Crippen molar-refractivity contribution in [1.82, 2.24) is 0 Å². The third-order valence-corrected chi connectivity index (χ3v) is 3.94. The Labute approximate surface area is 193 Å². The van der Waals surface area contributed by atoms with Crippen molar-refractivity contribution in [1.29, 1.82) is 0 Å². The summed E-state index contributed by atoms with van der Waals surface area (Å²) in [6, 6.07) is 12.5. The molecule has 2 rings (SSSR count). The quantitative estimate of drug-likeness (QED) is 0.177. The van der Waals surface area contributed by atoms with Crippen LogP contribution >= 0.6 is 0 Å². The Bertz CT molecular complexity index is 856. The summed E-state index contributed by atoms with van der Waals surface area (Å²) in [5.74, 6) is 0.233. The van der Waals surface area contributed by atoms with Crippen molar-refractivity contribution >= 4 is 17.8 Å². The zero-order chi connectivity index (χ0) is 20.4. The zero-order valence-corrected chi connectivity index (χ0v) is 18.9. The second-order valence-corrected chi connectivity index (χ2v) is 6.14. The van der Waals surface area contributed by atoms with Crippen molar-refractivity contribution in [3.63, 3.8) is 0 Å². The molecule has 0 aliphatic carbocycles. The van der Waals surface area contributed by atoms with Crippen molar-refractivity contribution in [2.24, 2.45) is 0 Å². The van der Waals surface area contributed by atoms with E-state index in [1.54, 1.807) is 36.4 Å². The molecule has 0 spiro atoms. The van der Waals surface area contributed by atoms with Crippen LogP contribution in [0.25, 0.3) is 6.08 Å². The first-order valence-corrected chi connectivity index (χ1v) is 8.99. The normalized spacial score (nSPS) is 10.2. The summed E-state index contributed by atoms with van der Waals surface area (Å²) < 4.78 is 11.5. The Hall–Kier alpha value is -2.34. The minimum absolute atomic E-state index is 0. The van der Waals surface area contributed by atoms with Crippen LogP contribution in [0.5, 0.6) is 11.5 Å². The molecule has 2 aromatic carbocycles. The van der Waals surface area contributed by atoms with Gasteiger partial charge < -0.3 is 19.4 Å². The molecule has 0 unspecified atom stereocenters. The van der Waals surface area contributed by atoms with Crippen LogP contribution in [0.1, 0.15) is 34.8 Å². The molecule has 6 heteroatoms. The van der Waals surface area contributed by atoms with E-state index in [1.165, 1.54) is 13.0 Å². The van der Waals surface area contributed by atoms with Crippen LogP contribution in [0.2, 0.25) is 0 Å². The Kier molecular flexibility index (Phi) is 11.1. The van der Waals surface area contributed by atoms with Crippen LogP contribution in [0.4, 0.5) is 0 Å². The van der Waals surface area contributed by atoms with E-state index in [0.29, 0.717) is 37.4 Å². The average Bonchev–Trinajstić information content (AvgIpc) is 2.68. The minimum atomic E-state index is -1.23. The number of ether oxygens (including phenoxy) is 2. The van der Waals surface area contributed by atoms with Gasteiger partial charge in [0.2, 0.25) is 0 Å². The standard InChI is InChI=1S/C23H24O5.Na/c1-3-5-20-16-19(17(2)24)9-12-22(20)28-15-4-14-27-21-10-6-18(7-11-21)8-13-23(25)26;/h3,6-13,16H,1,4-5,14-15H2,2H3,(H,25,26);/q;+1/p-1. The topological polar surface area (TPSA) is 75.7 Å². The van der Waals surface area contributed by atoms with Crippen molar-refractivity contribution in [2.45, 2.75) is 19.8 Å². The molecule has 0 N–H and O–H groups in total. The molecular formula is C23H23NaO5. The second-order valence-electron chi connectivity index (χ2n) is 6.14. The predicted octanol–water partition coefficient (Wildman–Crippen LogP) is 0.233. The Morgan fingerprint density at radius 1 is 1.07 bits per heavy atom. The largest absolute Gasteiger partial charge is 1.00 e. The molecule has 0 radical (unpaired) electrons. The number of carbonyl (C=O) groups is 2. The summed E-state index contributed by atoms with van der Waals surface area (Å²) in [6.45, 7) is 6.25. The molecule has 5 nitrogen and oxygen atoms in total. The number of ketones is 1. The number of Topliss-reactive ketones (excluding diaryl/α,β-unsaturated/α-hetero) is 1. The molecule has 0 bridgehead atoms. The zero-order valence-electron chi connectivity index (χ0n) is 16.9. The molecule has 0 saturated heterocycles. The van der Waals surface area contributed by atoms with E-state index in [1.807, 2.05) is 12.1 Å². The Morgan fingerprint density at radius 2 is 1.76 bits per heavy atom. The first-order valence-electron chi connectivity index (χ1n) is 8.99. The van der Waals surface area contributed by atoms with E-state index in [4.69, 9.17) is 9.47 Å². The van der Waals surface area contributed by atoms with Gasteiger partial charge in [-0.3, -0.25) is 4.79 Å². The molecule has 0 saturated carbocycles. The fourth-order valence-corrected chi connectivity index (χ4v) is 2.52. The Balaban J connectivity index is 0.00000420. The van der Waals surface area contributed by atoms with Gasteiger partial charge in [0.15, 0.2) is 5.78 Å². The van der Waals surface area contributed by atoms with Gasteiger partial charge in [-0.2, -0.15) is 0 Å². The van der Waals surface area contributed by atoms with Gasteiger partial charge in [0.25, 0.3) is 0 Å². The summed E-state index contributed by atoms with van der Waals surface area (Å²) in [6.07, 6.45) is 5.54. The smallest absolute Gasteiger partial charge is 0.545 e. The van der Waals surface area contributed by atoms with Gasteiger partial charge in [-0.15, -0.1) is 6.58 Å². The van der Waals surface area contributed by atoms with Crippen molar-refractivity contribution in [3.8, 4) is 11.5 Å². The predicted molar refractivity (Wildman–Crippen MR) is 106 cm³/mol. The molecule has 0 atom stereocenters. The van der Waals surface area contributed by atoms with Crippen molar-refractivity contribution in [3.05, 3.63) is 77.9 Å². The molecular weight excluding hydrogens is 379 g/mol. The monoisotopic (exact) mass is 402 g/mol. The minimum Gasteiger partial charge on any atom is -0.545 e. The van der Waals surface area contributed by atoms with Crippen LogP contribution in [0.3, 0.4) is 0 Å². The van der Waals surface area contributed by atoms with Crippen LogP contribution in [0.15, 0.2) is 61.2 Å². The second kappa shape index (κ2) is 13.0. The molecule has 0 aromatic heterocycles. The average molecular weight is 402 g/mol. The van der Waals surface area contributed by atoms with Crippen molar-refractivity contribution < 1.29 is 53.7 Å². The van der Waals surface area contributed by atoms with Gasteiger partial charge in [0, 0.05) is 12.0 Å². The number of allylic oxidation sites excluding steroid dienone is 1. The maximum absolute atomic E-state index is 11.5. The van der Waals surface area contributed by atoms with Gasteiger partial charge in [-0.05, 0) is 60.9 Å². The summed E-state index contributed by atoms with van der Waals surface area (Å²) in [5.41, 5.74) is 2.35. The number of carbonyl (C=O) groups excluding carboxylic acids is 2. The molecule has 0 aliphatic heterocycles. The first kappa shape index (κ1) is 24.7. The summed E-state index contributed by atoms with van der Waals surface area (Å²) in [7, 11) is 0. The number of carboxylic acids is 1. The van der Waals surface area contributed by atoms with Crippen LogP contribution in [-0.4, -0.2) is 25.0 Å². The number of aliphatic carboxylic acids is 1. The number of hydrogen-bond acceptors (Lipinski definition) is 5. The molecule has 0 heterocycles. The fraction of sp³-hybridized carbons (Fsp3) is 0.217. The van der Waals surface area contributed by atoms with Gasteiger partial charge >= 0.3 is 29.6 Å². The van der Waals surface area contributed by atoms with Gasteiger partial charge in [-0.1, -0.05) is 24.3 Å². The number of rotatable bonds is 11. The SMILES string of the molecule is C=CCc1cc(C(C)=O)ccc1OCCCOc1ccc(C=CC(=O)[O-])cc1.[Na+]. The Morgan fingerprint density at radius 3 is 2.38 bits per heavy atom. The van der Waals surface area contributed by atoms with E-state index in [9.17, 15) is 14.7 Å². The van der Waals surface area contributed by atoms with E-state index >= 15 is 0 Å². The fourth-order valence-electron chi connectivity index (χ4n) is 2.52. The maximum atomic E-state index is 11.5. The van der Waals surface area contributed by atoms with E-state index in [2.05, 4.69) is 6.58 Å². The van der Waals surface area contributed by atoms with Crippen LogP contribution in [0, 0.1) is 0 Å². The third kappa shape index (κ3) is 8.69. The first-order chi connectivity index (χ1) is 13.5. The molecule has 2 aromatic rings. The number of carboxylic acid groups (broad SMARTS) is 1. The summed E-state index contributed by atoms with van der Waals surface area (Å²) in [4.78, 5) is 21.9. The summed E-state index contributed by atoms with van der Waals surface area (Å²) in [5, 5.41) is 10.4. The van der Waals surface area contributed by atoms with E-state index in [-0.39, 0.29) is 35.3 Å². The molecule has 0 fully saturated rings. The van der Waals surface area contributed by atoms with Gasteiger partial charge in [0.05, 0.1) is 19.2 Å². The molecule has 146 valence electrons. The maximum Gasteiger partial charge on any atom is 1.00 e. The van der Waals surface area contributed by atoms with Gasteiger partial charge in [0.1, 0.15) is 11.5 Å². The van der Waals surface area contributed by atoms with Crippen LogP contribution in [-0.2, 0) is 11.2 Å². The van der Waals surface area contributed by atoms with Crippen molar-refractivity contribution in [2.75, 3.05) is 13.2 Å². The third-order valence-electron chi connectivity index (χ3n) is 3.94. The van der Waals surface area contributed by atoms with Crippen LogP contribution < -0.4 is 44.1 Å². The molecule has 29 heavy (non-hydrogen) atoms. The summed E-state index contributed by atoms with van der Waals surface area (Å²) >= 11 is 0. The van der Waals surface area contributed by atoms with E-state index < -0.39 is 5.97 Å². The number of hydrogen-bond donors (Lipinski definition) is 0. The molecule has 0 aliphatic rings. The molecule has 0 amide bonds. The van der Waals surface area contributed by atoms with E-state index in [0.717, 1.165) is 23.0 Å². The number of benzene rings is 2.